The topological polar surface area (TPSA) is 64.9 Å². The lowest BCUT2D eigenvalue weighted by atomic mass is 10.0. The summed E-state index contributed by atoms with van der Waals surface area (Å²) >= 11 is 7.61. The van der Waals surface area contributed by atoms with Crippen molar-refractivity contribution in [3.05, 3.63) is 52.7 Å². The summed E-state index contributed by atoms with van der Waals surface area (Å²) in [6.45, 7) is 0. The Kier molecular flexibility index (Phi) is 4.11. The molecule has 0 saturated carbocycles. The van der Waals surface area contributed by atoms with Crippen molar-refractivity contribution in [2.45, 2.75) is 10.9 Å². The Morgan fingerprint density at radius 2 is 1.94 bits per heavy atom. The predicted octanol–water partition coefficient (Wildman–Crippen LogP) is 3.09. The third kappa shape index (κ3) is 2.77. The lowest BCUT2D eigenvalue weighted by Crippen LogP contribution is -2.14. The van der Waals surface area contributed by atoms with E-state index in [-0.39, 0.29) is 6.04 Å². The zero-order valence-electron chi connectivity index (χ0n) is 9.93. The molecule has 0 aliphatic rings. The number of thioether (sulfide) groups is 1. The Labute approximate surface area is 116 Å². The molecule has 0 radical (unpaired) electrons. The molecule has 0 amide bonds. The maximum atomic E-state index is 6.19. The van der Waals surface area contributed by atoms with E-state index in [0.717, 1.165) is 11.1 Å². The average Bonchev–Trinajstić information content (AvgIpc) is 2.41. The third-order valence-corrected chi connectivity index (χ3v) is 3.68. The molecule has 2 rings (SSSR count). The van der Waals surface area contributed by atoms with Gasteiger partial charge in [-0.3, -0.25) is 0 Å². The number of pyridine rings is 1. The summed E-state index contributed by atoms with van der Waals surface area (Å²) in [5, 5.41) is 0.537. The summed E-state index contributed by atoms with van der Waals surface area (Å²) in [6.07, 6.45) is 3.55. The molecule has 1 unspecified atom stereocenters. The minimum absolute atomic E-state index is 0.313. The number of nitrogens with zero attached hydrogens (tertiary/aromatic N) is 1. The average molecular weight is 280 g/mol. The number of hydrogen-bond donors (Lipinski definition) is 2. The number of nitrogen functional groups attached to an aromatic ring is 1. The van der Waals surface area contributed by atoms with Crippen LogP contribution in [0.3, 0.4) is 0 Å². The first-order valence-electron chi connectivity index (χ1n) is 5.42. The molecule has 0 fully saturated rings. The number of anilines is 1. The lowest BCUT2D eigenvalue weighted by Gasteiger charge is -2.14. The molecule has 5 heteroatoms. The van der Waals surface area contributed by atoms with Crippen molar-refractivity contribution in [2.75, 3.05) is 12.0 Å². The Morgan fingerprint density at radius 3 is 2.56 bits per heavy atom. The fourth-order valence-electron chi connectivity index (χ4n) is 1.71. The van der Waals surface area contributed by atoms with Gasteiger partial charge in [0.05, 0.1) is 11.1 Å². The standard InChI is InChI=1S/C13H14ClN3S/c1-18-10-4-2-8(3-5-10)12(15)11-6-9(14)7-17-13(11)16/h2-7,12H,15H2,1H3,(H2,16,17). The van der Waals surface area contributed by atoms with E-state index < -0.39 is 0 Å². The van der Waals surface area contributed by atoms with E-state index in [9.17, 15) is 0 Å². The molecule has 18 heavy (non-hydrogen) atoms. The Hall–Kier alpha value is -1.23. The SMILES string of the molecule is CSc1ccc(C(N)c2cc(Cl)cnc2N)cc1. The molecule has 1 aromatic carbocycles. The molecule has 1 heterocycles. The lowest BCUT2D eigenvalue weighted by molar-refractivity contribution is 0.866. The predicted molar refractivity (Wildman–Crippen MR) is 77.9 cm³/mol. The highest BCUT2D eigenvalue weighted by molar-refractivity contribution is 7.98. The maximum absolute atomic E-state index is 6.19. The first kappa shape index (κ1) is 13.2. The largest absolute Gasteiger partial charge is 0.383 e. The van der Waals surface area contributed by atoms with Crippen molar-refractivity contribution in [3.63, 3.8) is 0 Å². The molecule has 1 atom stereocenters. The van der Waals surface area contributed by atoms with Crippen LogP contribution in [0.15, 0.2) is 41.4 Å². The van der Waals surface area contributed by atoms with Gasteiger partial charge in [0.2, 0.25) is 0 Å². The molecule has 0 saturated heterocycles. The first-order chi connectivity index (χ1) is 8.61. The van der Waals surface area contributed by atoms with Crippen LogP contribution >= 0.6 is 23.4 Å². The highest BCUT2D eigenvalue weighted by Crippen LogP contribution is 2.27. The van der Waals surface area contributed by atoms with Crippen LogP contribution in [0.5, 0.6) is 0 Å². The molecular formula is C13H14ClN3S. The van der Waals surface area contributed by atoms with E-state index in [1.54, 1.807) is 17.8 Å². The second-order valence-corrected chi connectivity index (χ2v) is 5.19. The van der Waals surface area contributed by atoms with Gasteiger partial charge in [0.15, 0.2) is 0 Å². The van der Waals surface area contributed by atoms with E-state index in [0.29, 0.717) is 10.8 Å². The molecule has 0 bridgehead atoms. The Bertz CT molecular complexity index is 542. The van der Waals surface area contributed by atoms with E-state index in [2.05, 4.69) is 4.98 Å². The highest BCUT2D eigenvalue weighted by Gasteiger charge is 2.13. The van der Waals surface area contributed by atoms with Gasteiger partial charge in [0.25, 0.3) is 0 Å². The van der Waals surface area contributed by atoms with E-state index in [1.165, 1.54) is 11.1 Å². The molecule has 0 aliphatic heterocycles. The van der Waals surface area contributed by atoms with E-state index >= 15 is 0 Å². The zero-order valence-corrected chi connectivity index (χ0v) is 11.5. The molecule has 1 aromatic heterocycles. The Morgan fingerprint density at radius 1 is 1.28 bits per heavy atom. The zero-order chi connectivity index (χ0) is 13.1. The first-order valence-corrected chi connectivity index (χ1v) is 7.02. The van der Waals surface area contributed by atoms with Crippen LogP contribution in [-0.4, -0.2) is 11.2 Å². The minimum Gasteiger partial charge on any atom is -0.383 e. The van der Waals surface area contributed by atoms with Crippen molar-refractivity contribution in [1.82, 2.24) is 4.98 Å². The summed E-state index contributed by atoms with van der Waals surface area (Å²) in [5.41, 5.74) is 13.8. The number of halogens is 1. The summed E-state index contributed by atoms with van der Waals surface area (Å²) < 4.78 is 0. The molecular weight excluding hydrogens is 266 g/mol. The van der Waals surface area contributed by atoms with Gasteiger partial charge < -0.3 is 11.5 Å². The summed E-state index contributed by atoms with van der Waals surface area (Å²) in [5.74, 6) is 0.417. The van der Waals surface area contributed by atoms with Crippen molar-refractivity contribution in [3.8, 4) is 0 Å². The number of rotatable bonds is 3. The van der Waals surface area contributed by atoms with Gasteiger partial charge in [-0.1, -0.05) is 23.7 Å². The van der Waals surface area contributed by atoms with Gasteiger partial charge in [-0.05, 0) is 30.0 Å². The second-order valence-electron chi connectivity index (χ2n) is 3.88. The van der Waals surface area contributed by atoms with E-state index in [1.807, 2.05) is 30.5 Å². The van der Waals surface area contributed by atoms with Crippen LogP contribution in [-0.2, 0) is 0 Å². The van der Waals surface area contributed by atoms with Gasteiger partial charge in [-0.25, -0.2) is 4.98 Å². The molecule has 2 aromatic rings. The number of aromatic nitrogens is 1. The maximum Gasteiger partial charge on any atom is 0.128 e. The van der Waals surface area contributed by atoms with Crippen molar-refractivity contribution in [2.24, 2.45) is 5.73 Å². The highest BCUT2D eigenvalue weighted by atomic mass is 35.5. The van der Waals surface area contributed by atoms with Crippen LogP contribution in [0.25, 0.3) is 0 Å². The van der Waals surface area contributed by atoms with Crippen molar-refractivity contribution >= 4 is 29.2 Å². The number of nitrogens with two attached hydrogens (primary N) is 2. The van der Waals surface area contributed by atoms with Crippen LogP contribution in [0, 0.1) is 0 Å². The molecule has 3 nitrogen and oxygen atoms in total. The van der Waals surface area contributed by atoms with Crippen LogP contribution in [0.4, 0.5) is 5.82 Å². The summed E-state index contributed by atoms with van der Waals surface area (Å²) in [7, 11) is 0. The van der Waals surface area contributed by atoms with Crippen LogP contribution < -0.4 is 11.5 Å². The van der Waals surface area contributed by atoms with Gasteiger partial charge in [-0.2, -0.15) is 0 Å². The van der Waals surface area contributed by atoms with Crippen molar-refractivity contribution < 1.29 is 0 Å². The molecule has 94 valence electrons. The fraction of sp³-hybridized carbons (Fsp3) is 0.154. The van der Waals surface area contributed by atoms with Gasteiger partial charge in [-0.15, -0.1) is 11.8 Å². The fourth-order valence-corrected chi connectivity index (χ4v) is 2.28. The van der Waals surface area contributed by atoms with E-state index in [4.69, 9.17) is 23.1 Å². The summed E-state index contributed by atoms with van der Waals surface area (Å²) in [4.78, 5) is 5.22. The smallest absolute Gasteiger partial charge is 0.128 e. The van der Waals surface area contributed by atoms with Crippen LogP contribution in [0.2, 0.25) is 5.02 Å². The number of benzene rings is 1. The van der Waals surface area contributed by atoms with Gasteiger partial charge in [0.1, 0.15) is 5.82 Å². The monoisotopic (exact) mass is 279 g/mol. The third-order valence-electron chi connectivity index (χ3n) is 2.73. The van der Waals surface area contributed by atoms with Crippen LogP contribution in [0.1, 0.15) is 17.2 Å². The summed E-state index contributed by atoms with van der Waals surface area (Å²) in [6, 6.07) is 9.51. The molecule has 4 N–H and O–H groups in total. The minimum atomic E-state index is -0.313. The van der Waals surface area contributed by atoms with Crippen molar-refractivity contribution in [1.29, 1.82) is 0 Å². The number of hydrogen-bond acceptors (Lipinski definition) is 4. The quantitative estimate of drug-likeness (QED) is 0.848. The molecule has 0 spiro atoms. The van der Waals surface area contributed by atoms with Gasteiger partial charge in [0, 0.05) is 16.7 Å². The molecule has 0 aliphatic carbocycles. The normalized spacial score (nSPS) is 12.4. The Balaban J connectivity index is 2.34. The van der Waals surface area contributed by atoms with Gasteiger partial charge >= 0.3 is 0 Å². The second kappa shape index (κ2) is 5.61.